The van der Waals surface area contributed by atoms with Crippen LogP contribution in [-0.4, -0.2) is 34.9 Å². The Morgan fingerprint density at radius 1 is 1.13 bits per heavy atom. The quantitative estimate of drug-likeness (QED) is 0.631. The van der Waals surface area contributed by atoms with E-state index in [1.165, 1.54) is 12.1 Å². The van der Waals surface area contributed by atoms with Crippen LogP contribution in [0.5, 0.6) is 5.75 Å². The molecule has 0 fully saturated rings. The Bertz CT molecular complexity index is 1030. The lowest BCUT2D eigenvalue weighted by molar-refractivity contribution is -0.137. The number of nitrogens with one attached hydrogen (secondary N) is 1. The SMILES string of the molecule is O=C(C=C1CCCOc2cc(C(F)(F)F)ccc21)Nc1cccc2c1C[C@H](O)[C@H](O)C2. The van der Waals surface area contributed by atoms with Crippen LogP contribution in [-0.2, 0) is 23.8 Å². The van der Waals surface area contributed by atoms with Gasteiger partial charge in [0, 0.05) is 30.2 Å². The fraction of sp³-hybridized carbons (Fsp3) is 0.348. The van der Waals surface area contributed by atoms with Crippen LogP contribution in [0.15, 0.2) is 42.5 Å². The number of hydrogen-bond acceptors (Lipinski definition) is 4. The third-order valence-corrected chi connectivity index (χ3v) is 5.63. The predicted molar refractivity (Wildman–Crippen MR) is 109 cm³/mol. The highest BCUT2D eigenvalue weighted by molar-refractivity contribution is 6.04. The number of rotatable bonds is 2. The summed E-state index contributed by atoms with van der Waals surface area (Å²) in [5.74, 6) is -0.308. The molecule has 31 heavy (non-hydrogen) atoms. The van der Waals surface area contributed by atoms with Gasteiger partial charge in [0.05, 0.1) is 24.4 Å². The first-order chi connectivity index (χ1) is 14.7. The molecule has 4 rings (SSSR count). The van der Waals surface area contributed by atoms with Crippen LogP contribution in [0, 0.1) is 0 Å². The largest absolute Gasteiger partial charge is 0.493 e. The minimum atomic E-state index is -4.48. The molecule has 164 valence electrons. The van der Waals surface area contributed by atoms with E-state index in [1.807, 2.05) is 6.07 Å². The zero-order valence-corrected chi connectivity index (χ0v) is 16.6. The zero-order chi connectivity index (χ0) is 22.2. The van der Waals surface area contributed by atoms with Crippen LogP contribution in [0.4, 0.5) is 18.9 Å². The molecule has 1 heterocycles. The van der Waals surface area contributed by atoms with E-state index >= 15 is 0 Å². The highest BCUT2D eigenvalue weighted by Gasteiger charge is 2.32. The second-order valence-corrected chi connectivity index (χ2v) is 7.81. The molecular formula is C23H22F3NO4. The number of alkyl halides is 3. The first kappa shape index (κ1) is 21.4. The Hall–Kier alpha value is -2.84. The van der Waals surface area contributed by atoms with Crippen LogP contribution in [0.25, 0.3) is 5.57 Å². The third kappa shape index (κ3) is 4.60. The van der Waals surface area contributed by atoms with Crippen LogP contribution in [0.3, 0.4) is 0 Å². The molecule has 1 amide bonds. The van der Waals surface area contributed by atoms with Gasteiger partial charge >= 0.3 is 6.18 Å². The summed E-state index contributed by atoms with van der Waals surface area (Å²) < 4.78 is 44.6. The maximum absolute atomic E-state index is 13.0. The van der Waals surface area contributed by atoms with Crippen molar-refractivity contribution in [1.29, 1.82) is 0 Å². The molecule has 0 radical (unpaired) electrons. The number of aliphatic hydroxyl groups is 2. The van der Waals surface area contributed by atoms with Gasteiger partial charge in [0.25, 0.3) is 0 Å². The molecule has 0 unspecified atom stereocenters. The first-order valence-electron chi connectivity index (χ1n) is 10.1. The molecule has 0 saturated carbocycles. The van der Waals surface area contributed by atoms with Crippen molar-refractivity contribution in [2.75, 3.05) is 11.9 Å². The number of carbonyl (C=O) groups excluding carboxylic acids is 1. The predicted octanol–water partition coefficient (Wildman–Crippen LogP) is 3.72. The van der Waals surface area contributed by atoms with Crippen molar-refractivity contribution in [3.05, 3.63) is 64.7 Å². The standard InChI is InChI=1S/C23H22F3NO4/c24-23(25,26)15-6-7-16-14(4-2-8-31-21(16)11-15)10-22(30)27-18-5-1-3-13-9-19(28)20(29)12-17(13)18/h1,3,5-7,10-11,19-20,28-29H,2,4,8-9,12H2,(H,27,30)/t19-,20+/m1/s1. The topological polar surface area (TPSA) is 78.8 Å². The average molecular weight is 433 g/mol. The normalized spacial score (nSPS) is 22.2. The van der Waals surface area contributed by atoms with Gasteiger partial charge in [0.2, 0.25) is 5.91 Å². The van der Waals surface area contributed by atoms with E-state index in [-0.39, 0.29) is 18.8 Å². The van der Waals surface area contributed by atoms with Crippen LogP contribution in [0.2, 0.25) is 0 Å². The third-order valence-electron chi connectivity index (χ3n) is 5.63. The summed E-state index contributed by atoms with van der Waals surface area (Å²) in [7, 11) is 0. The molecule has 0 spiro atoms. The van der Waals surface area contributed by atoms with E-state index in [0.717, 1.165) is 23.3 Å². The fourth-order valence-electron chi connectivity index (χ4n) is 4.03. The summed E-state index contributed by atoms with van der Waals surface area (Å²) >= 11 is 0. The number of benzene rings is 2. The number of allylic oxidation sites excluding steroid dienone is 1. The molecule has 0 saturated heterocycles. The molecule has 1 aliphatic carbocycles. The van der Waals surface area contributed by atoms with E-state index < -0.39 is 29.9 Å². The van der Waals surface area contributed by atoms with Gasteiger partial charge in [-0.05, 0) is 47.7 Å². The van der Waals surface area contributed by atoms with E-state index in [1.54, 1.807) is 12.1 Å². The number of halogens is 3. The van der Waals surface area contributed by atoms with E-state index in [9.17, 15) is 28.2 Å². The number of amides is 1. The van der Waals surface area contributed by atoms with Crippen LogP contribution < -0.4 is 10.1 Å². The van der Waals surface area contributed by atoms with Crippen LogP contribution in [0.1, 0.15) is 35.1 Å². The fourth-order valence-corrected chi connectivity index (χ4v) is 4.03. The summed E-state index contributed by atoms with van der Waals surface area (Å²) in [6.45, 7) is 0.264. The second kappa shape index (κ2) is 8.36. The number of aliphatic hydroxyl groups excluding tert-OH is 2. The molecule has 3 N–H and O–H groups in total. The monoisotopic (exact) mass is 433 g/mol. The first-order valence-corrected chi connectivity index (χ1v) is 10.1. The van der Waals surface area contributed by atoms with Crippen molar-refractivity contribution < 1.29 is 32.9 Å². The number of fused-ring (bicyclic) bond motifs is 2. The molecule has 5 nitrogen and oxygen atoms in total. The Labute approximate surface area is 177 Å². The van der Waals surface area contributed by atoms with Crippen molar-refractivity contribution in [3.8, 4) is 5.75 Å². The molecule has 2 aliphatic rings. The Balaban J connectivity index is 1.60. The minimum absolute atomic E-state index is 0.112. The van der Waals surface area contributed by atoms with Crippen molar-refractivity contribution in [2.24, 2.45) is 0 Å². The van der Waals surface area contributed by atoms with Gasteiger partial charge in [-0.15, -0.1) is 0 Å². The summed E-state index contributed by atoms with van der Waals surface area (Å²) in [6, 6.07) is 8.62. The van der Waals surface area contributed by atoms with Crippen LogP contribution >= 0.6 is 0 Å². The molecule has 1 aliphatic heterocycles. The minimum Gasteiger partial charge on any atom is -0.493 e. The van der Waals surface area contributed by atoms with Crippen molar-refractivity contribution >= 4 is 17.2 Å². The molecule has 2 atom stereocenters. The highest BCUT2D eigenvalue weighted by atomic mass is 19.4. The van der Waals surface area contributed by atoms with Crippen molar-refractivity contribution in [1.82, 2.24) is 0 Å². The number of ether oxygens (including phenoxy) is 1. The lowest BCUT2D eigenvalue weighted by Crippen LogP contribution is -2.35. The molecular weight excluding hydrogens is 411 g/mol. The van der Waals surface area contributed by atoms with Gasteiger partial charge in [-0.1, -0.05) is 18.2 Å². The van der Waals surface area contributed by atoms with Gasteiger partial charge in [-0.2, -0.15) is 13.2 Å². The summed E-state index contributed by atoms with van der Waals surface area (Å²) in [5, 5.41) is 22.7. The molecule has 8 heteroatoms. The van der Waals surface area contributed by atoms with Gasteiger partial charge < -0.3 is 20.3 Å². The van der Waals surface area contributed by atoms with E-state index in [0.29, 0.717) is 36.1 Å². The number of hydrogen-bond donors (Lipinski definition) is 3. The van der Waals surface area contributed by atoms with Gasteiger partial charge in [0.15, 0.2) is 0 Å². The zero-order valence-electron chi connectivity index (χ0n) is 16.6. The molecule has 2 aromatic rings. The maximum atomic E-state index is 13.0. The van der Waals surface area contributed by atoms with Gasteiger partial charge in [0.1, 0.15) is 5.75 Å². The van der Waals surface area contributed by atoms with E-state index in [4.69, 9.17) is 4.74 Å². The summed E-state index contributed by atoms with van der Waals surface area (Å²) in [4.78, 5) is 12.7. The Kier molecular flexibility index (Phi) is 5.77. The van der Waals surface area contributed by atoms with Gasteiger partial charge in [-0.3, -0.25) is 4.79 Å². The van der Waals surface area contributed by atoms with Crippen molar-refractivity contribution in [3.63, 3.8) is 0 Å². The lowest BCUT2D eigenvalue weighted by Gasteiger charge is -2.27. The smallest absolute Gasteiger partial charge is 0.416 e. The average Bonchev–Trinajstić information content (AvgIpc) is 2.90. The Morgan fingerprint density at radius 2 is 1.90 bits per heavy atom. The maximum Gasteiger partial charge on any atom is 0.416 e. The molecule has 0 aromatic heterocycles. The van der Waals surface area contributed by atoms with Crippen molar-refractivity contribution in [2.45, 2.75) is 44.1 Å². The summed E-state index contributed by atoms with van der Waals surface area (Å²) in [6.07, 6.45) is -3.26. The Morgan fingerprint density at radius 3 is 2.68 bits per heavy atom. The summed E-state index contributed by atoms with van der Waals surface area (Å²) in [5.41, 5.74) is 2.44. The number of carbonyl (C=O) groups is 1. The van der Waals surface area contributed by atoms with E-state index in [2.05, 4.69) is 5.32 Å². The second-order valence-electron chi connectivity index (χ2n) is 7.81. The lowest BCUT2D eigenvalue weighted by atomic mass is 9.86. The van der Waals surface area contributed by atoms with Gasteiger partial charge in [-0.25, -0.2) is 0 Å². The molecule has 2 aromatic carbocycles. The highest BCUT2D eigenvalue weighted by Crippen LogP contribution is 2.38. The molecule has 0 bridgehead atoms. The number of anilines is 1.